The van der Waals surface area contributed by atoms with Crippen LogP contribution in [-0.2, 0) is 7.05 Å². The first kappa shape index (κ1) is 29.2. The van der Waals surface area contributed by atoms with E-state index >= 15 is 4.39 Å². The van der Waals surface area contributed by atoms with Gasteiger partial charge in [0.05, 0.1) is 33.2 Å². The lowest BCUT2D eigenvalue weighted by Crippen LogP contribution is -2.30. The van der Waals surface area contributed by atoms with E-state index in [4.69, 9.17) is 0 Å². The molecule has 1 saturated carbocycles. The average Bonchev–Trinajstić information content (AvgIpc) is 3.79. The zero-order chi connectivity index (χ0) is 29.0. The van der Waals surface area contributed by atoms with Gasteiger partial charge in [-0.15, -0.1) is 0 Å². The Morgan fingerprint density at radius 3 is 2.28 bits per heavy atom. The van der Waals surface area contributed by atoms with Gasteiger partial charge in [-0.3, -0.25) is 19.7 Å². The minimum absolute atomic E-state index is 0.0196. The molecule has 11 heteroatoms. The molecule has 2 aromatic carbocycles. The van der Waals surface area contributed by atoms with Crippen LogP contribution in [-0.4, -0.2) is 19.3 Å². The smallest absolute Gasteiger partial charge is 0.289 e. The minimum Gasteiger partial charge on any atom is -0.350 e. The van der Waals surface area contributed by atoms with Gasteiger partial charge in [0.15, 0.2) is 0 Å². The van der Waals surface area contributed by atoms with E-state index in [1.807, 2.05) is 27.7 Å². The third kappa shape index (κ3) is 5.57. The second-order valence-electron chi connectivity index (χ2n) is 8.52. The highest BCUT2D eigenvalue weighted by molar-refractivity contribution is 6.00. The van der Waals surface area contributed by atoms with E-state index in [-0.39, 0.29) is 39.6 Å². The average molecular weight is 540 g/mol. The van der Waals surface area contributed by atoms with E-state index in [9.17, 15) is 24.1 Å². The van der Waals surface area contributed by atoms with Gasteiger partial charge in [-0.05, 0) is 37.5 Å². The Balaban J connectivity index is 0.00000100. The van der Waals surface area contributed by atoms with Gasteiger partial charge in [0.2, 0.25) is 5.82 Å². The molecule has 1 aliphatic rings. The third-order valence-electron chi connectivity index (χ3n) is 6.00. The monoisotopic (exact) mass is 539 g/mol. The molecule has 2 aromatic heterocycles. The maximum atomic E-state index is 15.3. The first-order valence-electron chi connectivity index (χ1n) is 12.8. The van der Waals surface area contributed by atoms with Crippen molar-refractivity contribution in [1.29, 1.82) is 0 Å². The normalized spacial score (nSPS) is 12.2. The maximum absolute atomic E-state index is 15.3. The van der Waals surface area contributed by atoms with E-state index in [0.29, 0.717) is 18.4 Å². The Kier molecular flexibility index (Phi) is 8.95. The van der Waals surface area contributed by atoms with Gasteiger partial charge in [-0.25, -0.2) is 9.07 Å². The van der Waals surface area contributed by atoms with Crippen LogP contribution in [0.5, 0.6) is 0 Å². The third-order valence-corrected chi connectivity index (χ3v) is 6.00. The number of nitro benzene ring substituents is 1. The fourth-order valence-corrected chi connectivity index (χ4v) is 4.05. The lowest BCUT2D eigenvalue weighted by atomic mass is 10.1. The second kappa shape index (κ2) is 12.0. The van der Waals surface area contributed by atoms with Crippen LogP contribution in [0.3, 0.4) is 0 Å². The molecule has 5 rings (SSSR count). The summed E-state index contributed by atoms with van der Waals surface area (Å²) >= 11 is 0. The number of benzene rings is 2. The van der Waals surface area contributed by atoms with Crippen LogP contribution in [0.15, 0.2) is 52.1 Å². The summed E-state index contributed by atoms with van der Waals surface area (Å²) in [6.45, 7) is 9.69. The van der Waals surface area contributed by atoms with Crippen LogP contribution in [0.1, 0.15) is 52.1 Å². The van der Waals surface area contributed by atoms with Gasteiger partial charge in [0, 0.05) is 24.7 Å². The van der Waals surface area contributed by atoms with Crippen LogP contribution in [0.25, 0.3) is 22.2 Å². The molecule has 4 aromatic rings. The first-order valence-corrected chi connectivity index (χ1v) is 12.8. The van der Waals surface area contributed by atoms with E-state index < -0.39 is 33.4 Å². The van der Waals surface area contributed by atoms with Crippen LogP contribution >= 0.6 is 0 Å². The van der Waals surface area contributed by atoms with E-state index in [0.717, 1.165) is 4.57 Å². The van der Waals surface area contributed by atoms with Crippen molar-refractivity contribution in [3.8, 4) is 11.3 Å². The van der Waals surface area contributed by atoms with Gasteiger partial charge >= 0.3 is 0 Å². The van der Waals surface area contributed by atoms with Crippen molar-refractivity contribution >= 4 is 28.0 Å². The van der Waals surface area contributed by atoms with Crippen molar-refractivity contribution in [1.82, 2.24) is 14.3 Å². The summed E-state index contributed by atoms with van der Waals surface area (Å²) in [7, 11) is 1.29. The van der Waals surface area contributed by atoms with Gasteiger partial charge in [-0.2, -0.15) is 9.49 Å². The number of nitrogens with one attached hydrogen (secondary N) is 1. The van der Waals surface area contributed by atoms with Crippen LogP contribution in [0.2, 0.25) is 0 Å². The van der Waals surface area contributed by atoms with Crippen molar-refractivity contribution < 1.29 is 13.7 Å². The lowest BCUT2D eigenvalue weighted by Gasteiger charge is -2.18. The number of nitrogens with zero attached hydrogens (tertiary/aromatic N) is 4. The van der Waals surface area contributed by atoms with E-state index in [1.54, 1.807) is 19.1 Å². The Bertz CT molecular complexity index is 1660. The van der Waals surface area contributed by atoms with Gasteiger partial charge in [0.25, 0.3) is 16.8 Å². The van der Waals surface area contributed by atoms with E-state index in [2.05, 4.69) is 10.4 Å². The summed E-state index contributed by atoms with van der Waals surface area (Å²) in [5.41, 5.74) is -1.53. The predicted octanol–water partition coefficient (Wildman–Crippen LogP) is 6.39. The minimum atomic E-state index is -1.25. The molecule has 1 aliphatic carbocycles. The molecular formula is C28H31F2N5O4. The van der Waals surface area contributed by atoms with Gasteiger partial charge in [-0.1, -0.05) is 45.9 Å². The molecule has 0 aliphatic heterocycles. The summed E-state index contributed by atoms with van der Waals surface area (Å²) in [6.07, 6.45) is 1.35. The highest BCUT2D eigenvalue weighted by Crippen LogP contribution is 2.37. The number of pyridine rings is 1. The van der Waals surface area contributed by atoms with Gasteiger partial charge < -0.3 is 9.88 Å². The van der Waals surface area contributed by atoms with Crippen molar-refractivity contribution in [2.24, 2.45) is 7.05 Å². The Labute approximate surface area is 223 Å². The van der Waals surface area contributed by atoms with Gasteiger partial charge in [0.1, 0.15) is 11.5 Å². The van der Waals surface area contributed by atoms with Crippen molar-refractivity contribution in [2.45, 2.75) is 53.5 Å². The van der Waals surface area contributed by atoms with Crippen LogP contribution < -0.4 is 16.4 Å². The standard InChI is InChI=1S/C24H19F2N5O4.2C2H6/c1-12-6-9-17(16(25)10-12)27-21-18-22(29(2)24(33)19(21)26)20(28-30(23(18)32)14-7-8-14)13-4-3-5-15(11-13)31(34)35;2*1-2/h3-6,9-11,14,27H,7-8H2,1-2H3;2*1-2H3. The lowest BCUT2D eigenvalue weighted by molar-refractivity contribution is -0.384. The fraction of sp³-hybridized carbons (Fsp3) is 0.321. The number of halogens is 2. The summed E-state index contributed by atoms with van der Waals surface area (Å²) < 4.78 is 32.1. The highest BCUT2D eigenvalue weighted by atomic mass is 19.1. The molecule has 9 nitrogen and oxygen atoms in total. The molecule has 0 amide bonds. The molecule has 1 N–H and O–H groups in total. The van der Waals surface area contributed by atoms with Crippen molar-refractivity contribution in [3.05, 3.63) is 90.5 Å². The molecule has 1 fully saturated rings. The van der Waals surface area contributed by atoms with Crippen molar-refractivity contribution in [3.63, 3.8) is 0 Å². The maximum Gasteiger partial charge on any atom is 0.289 e. The van der Waals surface area contributed by atoms with Crippen LogP contribution in [0, 0.1) is 28.7 Å². The fourth-order valence-electron chi connectivity index (χ4n) is 4.05. The summed E-state index contributed by atoms with van der Waals surface area (Å²) in [6, 6.07) is 9.57. The quantitative estimate of drug-likeness (QED) is 0.232. The summed E-state index contributed by atoms with van der Waals surface area (Å²) in [4.78, 5) is 37.1. The number of hydrogen-bond donors (Lipinski definition) is 1. The molecule has 2 heterocycles. The number of aryl methyl sites for hydroxylation is 2. The number of anilines is 2. The molecular weight excluding hydrogens is 508 g/mol. The predicted molar refractivity (Wildman–Crippen MR) is 149 cm³/mol. The zero-order valence-corrected chi connectivity index (χ0v) is 22.7. The Morgan fingerprint density at radius 2 is 1.69 bits per heavy atom. The van der Waals surface area contributed by atoms with E-state index in [1.165, 1.54) is 42.1 Å². The number of hydrogen-bond acceptors (Lipinski definition) is 6. The number of nitro groups is 1. The number of aromatic nitrogens is 3. The number of fused-ring (bicyclic) bond motifs is 1. The molecule has 0 bridgehead atoms. The molecule has 39 heavy (non-hydrogen) atoms. The SMILES string of the molecule is CC.CC.Cc1ccc(Nc2c(F)c(=O)n(C)c3c(-c4cccc([N+](=O)[O-])c4)nn(C4CC4)c(=O)c23)c(F)c1. The number of rotatable bonds is 5. The Morgan fingerprint density at radius 1 is 1.03 bits per heavy atom. The highest BCUT2D eigenvalue weighted by Gasteiger charge is 2.31. The molecule has 0 atom stereocenters. The summed E-state index contributed by atoms with van der Waals surface area (Å²) in [5, 5.41) is 18.2. The number of non-ortho nitro benzene ring substituents is 1. The zero-order valence-electron chi connectivity index (χ0n) is 22.7. The second-order valence-corrected chi connectivity index (χ2v) is 8.52. The first-order chi connectivity index (χ1) is 18.7. The summed E-state index contributed by atoms with van der Waals surface area (Å²) in [5.74, 6) is -1.94. The molecule has 206 valence electrons. The molecule has 0 radical (unpaired) electrons. The molecule has 0 unspecified atom stereocenters. The molecule has 0 saturated heterocycles. The van der Waals surface area contributed by atoms with Crippen LogP contribution in [0.4, 0.5) is 25.8 Å². The molecule has 0 spiro atoms. The van der Waals surface area contributed by atoms with Crippen molar-refractivity contribution in [2.75, 3.05) is 5.32 Å². The topological polar surface area (TPSA) is 112 Å². The largest absolute Gasteiger partial charge is 0.350 e. The Hall–Kier alpha value is -4.41.